The molecule has 0 aromatic heterocycles. The molecule has 0 saturated carbocycles. The van der Waals surface area contributed by atoms with Gasteiger partial charge in [0.2, 0.25) is 0 Å². The Morgan fingerprint density at radius 1 is 1.40 bits per heavy atom. The number of hydrogen-bond donors (Lipinski definition) is 3. The van der Waals surface area contributed by atoms with Crippen LogP contribution in [0.3, 0.4) is 0 Å². The number of aliphatic carboxylic acids is 1. The first-order chi connectivity index (χ1) is 6.73. The second-order valence-electron chi connectivity index (χ2n) is 4.97. The van der Waals surface area contributed by atoms with Crippen LogP contribution in [0.25, 0.3) is 0 Å². The smallest absolute Gasteiger partial charge is 0.304 e. The normalized spacial score (nSPS) is 17.5. The van der Waals surface area contributed by atoms with E-state index in [4.69, 9.17) is 5.11 Å². The highest BCUT2D eigenvalue weighted by Gasteiger charge is 2.22. The molecule has 0 fully saturated rings. The van der Waals surface area contributed by atoms with E-state index in [1.807, 2.05) is 0 Å². The van der Waals surface area contributed by atoms with Crippen LogP contribution in [0, 0.1) is 5.92 Å². The van der Waals surface area contributed by atoms with E-state index in [0.717, 1.165) is 0 Å². The van der Waals surface area contributed by atoms with E-state index in [9.17, 15) is 9.90 Å². The van der Waals surface area contributed by atoms with Crippen molar-refractivity contribution in [2.75, 3.05) is 6.54 Å². The Morgan fingerprint density at radius 3 is 2.33 bits per heavy atom. The zero-order valence-electron chi connectivity index (χ0n) is 10.1. The molecule has 2 atom stereocenters. The summed E-state index contributed by atoms with van der Waals surface area (Å²) < 4.78 is 0. The molecule has 0 spiro atoms. The molecule has 0 amide bonds. The van der Waals surface area contributed by atoms with Crippen molar-refractivity contribution >= 4 is 5.97 Å². The maximum absolute atomic E-state index is 10.4. The molecule has 0 aliphatic carbocycles. The summed E-state index contributed by atoms with van der Waals surface area (Å²) in [5.74, 6) is -0.393. The molecule has 0 bridgehead atoms. The number of carbonyl (C=O) groups is 1. The van der Waals surface area contributed by atoms with E-state index in [2.05, 4.69) is 19.2 Å². The molecule has 0 aliphatic heterocycles. The van der Waals surface area contributed by atoms with Gasteiger partial charge in [-0.15, -0.1) is 0 Å². The summed E-state index contributed by atoms with van der Waals surface area (Å²) in [5.41, 5.74) is -0.763. The van der Waals surface area contributed by atoms with Gasteiger partial charge in [0.1, 0.15) is 0 Å². The van der Waals surface area contributed by atoms with Crippen LogP contribution in [-0.2, 0) is 4.79 Å². The molecule has 0 saturated heterocycles. The number of aliphatic hydroxyl groups is 1. The van der Waals surface area contributed by atoms with Gasteiger partial charge in [0.05, 0.1) is 12.0 Å². The highest BCUT2D eigenvalue weighted by molar-refractivity contribution is 5.67. The van der Waals surface area contributed by atoms with Gasteiger partial charge in [0.15, 0.2) is 0 Å². The molecule has 15 heavy (non-hydrogen) atoms. The highest BCUT2D eigenvalue weighted by atomic mass is 16.4. The monoisotopic (exact) mass is 217 g/mol. The van der Waals surface area contributed by atoms with Gasteiger partial charge < -0.3 is 15.5 Å². The Hall–Kier alpha value is -0.610. The highest BCUT2D eigenvalue weighted by Crippen LogP contribution is 2.15. The average Bonchev–Trinajstić information content (AvgIpc) is 1.97. The predicted molar refractivity (Wildman–Crippen MR) is 59.8 cm³/mol. The second kappa shape index (κ2) is 6.08. The van der Waals surface area contributed by atoms with Gasteiger partial charge in [0, 0.05) is 12.6 Å². The third-order valence-electron chi connectivity index (χ3n) is 2.16. The molecular weight excluding hydrogens is 194 g/mol. The fourth-order valence-corrected chi connectivity index (χ4v) is 1.68. The lowest BCUT2D eigenvalue weighted by Gasteiger charge is -2.27. The van der Waals surface area contributed by atoms with Crippen LogP contribution in [0.1, 0.15) is 40.5 Å². The molecule has 2 unspecified atom stereocenters. The minimum Gasteiger partial charge on any atom is -0.481 e. The lowest BCUT2D eigenvalue weighted by atomic mass is 9.94. The fraction of sp³-hybridized carbons (Fsp3) is 0.909. The largest absolute Gasteiger partial charge is 0.481 e. The van der Waals surface area contributed by atoms with Crippen LogP contribution < -0.4 is 5.32 Å². The van der Waals surface area contributed by atoms with E-state index >= 15 is 0 Å². The number of rotatable bonds is 7. The Labute approximate surface area is 91.7 Å². The standard InChI is InChI=1S/C11H23NO3/c1-8(2)6-11(4,15)7-12-9(3)5-10(13)14/h8-9,12,15H,5-7H2,1-4H3,(H,13,14). The predicted octanol–water partition coefficient (Wildman–Crippen LogP) is 1.24. The molecule has 4 heteroatoms. The van der Waals surface area contributed by atoms with Crippen LogP contribution in [0.4, 0.5) is 0 Å². The van der Waals surface area contributed by atoms with Gasteiger partial charge in [-0.3, -0.25) is 4.79 Å². The van der Waals surface area contributed by atoms with E-state index in [-0.39, 0.29) is 12.5 Å². The maximum Gasteiger partial charge on any atom is 0.304 e. The third-order valence-corrected chi connectivity index (χ3v) is 2.16. The quantitative estimate of drug-likeness (QED) is 0.600. The summed E-state index contributed by atoms with van der Waals surface area (Å²) in [7, 11) is 0. The average molecular weight is 217 g/mol. The molecule has 0 aromatic rings. The molecule has 3 N–H and O–H groups in total. The van der Waals surface area contributed by atoms with Crippen molar-refractivity contribution < 1.29 is 15.0 Å². The number of carboxylic acid groups (broad SMARTS) is 1. The Balaban J connectivity index is 3.86. The first-order valence-electron chi connectivity index (χ1n) is 5.40. The van der Waals surface area contributed by atoms with Gasteiger partial charge in [-0.25, -0.2) is 0 Å². The van der Waals surface area contributed by atoms with Crippen molar-refractivity contribution in [2.45, 2.75) is 52.2 Å². The molecule has 0 aromatic carbocycles. The van der Waals surface area contributed by atoms with Crippen LogP contribution in [0.5, 0.6) is 0 Å². The van der Waals surface area contributed by atoms with Crippen LogP contribution >= 0.6 is 0 Å². The van der Waals surface area contributed by atoms with Gasteiger partial charge in [0.25, 0.3) is 0 Å². The van der Waals surface area contributed by atoms with Crippen LogP contribution in [0.15, 0.2) is 0 Å². The Kier molecular flexibility index (Phi) is 5.83. The first kappa shape index (κ1) is 14.4. The van der Waals surface area contributed by atoms with Gasteiger partial charge in [-0.2, -0.15) is 0 Å². The number of carboxylic acids is 1. The van der Waals surface area contributed by atoms with Gasteiger partial charge >= 0.3 is 5.97 Å². The zero-order valence-corrected chi connectivity index (χ0v) is 10.1. The van der Waals surface area contributed by atoms with Crippen LogP contribution in [-0.4, -0.2) is 34.4 Å². The zero-order chi connectivity index (χ0) is 12.1. The molecule has 0 aliphatic rings. The summed E-state index contributed by atoms with van der Waals surface area (Å²) in [4.78, 5) is 10.4. The van der Waals surface area contributed by atoms with Crippen LogP contribution in [0.2, 0.25) is 0 Å². The van der Waals surface area contributed by atoms with Gasteiger partial charge in [-0.1, -0.05) is 13.8 Å². The lowest BCUT2D eigenvalue weighted by molar-refractivity contribution is -0.137. The van der Waals surface area contributed by atoms with Crippen molar-refractivity contribution in [3.05, 3.63) is 0 Å². The molecule has 0 rings (SSSR count). The summed E-state index contributed by atoms with van der Waals surface area (Å²) in [6.07, 6.45) is 0.789. The van der Waals surface area contributed by atoms with E-state index in [0.29, 0.717) is 18.9 Å². The number of hydrogen-bond acceptors (Lipinski definition) is 3. The first-order valence-corrected chi connectivity index (χ1v) is 5.40. The van der Waals surface area contributed by atoms with E-state index < -0.39 is 11.6 Å². The molecule has 90 valence electrons. The maximum atomic E-state index is 10.4. The summed E-state index contributed by atoms with van der Waals surface area (Å²) >= 11 is 0. The lowest BCUT2D eigenvalue weighted by Crippen LogP contribution is -2.43. The Morgan fingerprint density at radius 2 is 1.93 bits per heavy atom. The second-order valence-corrected chi connectivity index (χ2v) is 4.97. The van der Waals surface area contributed by atoms with Crippen molar-refractivity contribution in [3.8, 4) is 0 Å². The van der Waals surface area contributed by atoms with Crippen molar-refractivity contribution in [3.63, 3.8) is 0 Å². The van der Waals surface area contributed by atoms with E-state index in [1.54, 1.807) is 13.8 Å². The minimum absolute atomic E-state index is 0.0811. The van der Waals surface area contributed by atoms with Crippen molar-refractivity contribution in [2.24, 2.45) is 5.92 Å². The fourth-order valence-electron chi connectivity index (χ4n) is 1.68. The van der Waals surface area contributed by atoms with Crippen molar-refractivity contribution in [1.29, 1.82) is 0 Å². The summed E-state index contributed by atoms with van der Waals surface area (Å²) in [6, 6.07) is -0.110. The minimum atomic E-state index is -0.821. The molecular formula is C11H23NO3. The van der Waals surface area contributed by atoms with Crippen molar-refractivity contribution in [1.82, 2.24) is 5.32 Å². The molecule has 4 nitrogen and oxygen atoms in total. The molecule has 0 radical (unpaired) electrons. The van der Waals surface area contributed by atoms with E-state index in [1.165, 1.54) is 0 Å². The summed E-state index contributed by atoms with van der Waals surface area (Å²) in [5, 5.41) is 21.5. The van der Waals surface area contributed by atoms with Gasteiger partial charge in [-0.05, 0) is 26.2 Å². The topological polar surface area (TPSA) is 69.6 Å². The third kappa shape index (κ3) is 8.39. The molecule has 0 heterocycles. The number of nitrogens with one attached hydrogen (secondary N) is 1. The Bertz CT molecular complexity index is 202. The SMILES string of the molecule is CC(C)CC(C)(O)CNC(C)CC(=O)O. The summed E-state index contributed by atoms with van der Waals surface area (Å²) in [6.45, 7) is 8.11.